The van der Waals surface area contributed by atoms with Gasteiger partial charge in [0.15, 0.2) is 0 Å². The molecule has 0 atom stereocenters. The molecule has 88 valence electrons. The van der Waals surface area contributed by atoms with E-state index in [1.54, 1.807) is 12.4 Å². The Hall–Kier alpha value is -1.87. The van der Waals surface area contributed by atoms with Crippen molar-refractivity contribution >= 4 is 0 Å². The molecule has 0 aliphatic carbocycles. The number of pyridine rings is 1. The number of rotatable bonds is 3. The summed E-state index contributed by atoms with van der Waals surface area (Å²) in [5.74, 6) is 1.63. The lowest BCUT2D eigenvalue weighted by Crippen LogP contribution is -2.00. The first-order chi connectivity index (χ1) is 8.20. The standard InChI is InChI=1S/C14H16N2O/c1-10-3-4-13(11(2)7-10)17-14-5-6-16-9-12(14)8-15/h3-7,9H,8,15H2,1-2H3. The van der Waals surface area contributed by atoms with Gasteiger partial charge in [-0.3, -0.25) is 4.98 Å². The summed E-state index contributed by atoms with van der Waals surface area (Å²) in [4.78, 5) is 4.03. The zero-order valence-corrected chi connectivity index (χ0v) is 10.1. The van der Waals surface area contributed by atoms with Crippen LogP contribution in [-0.2, 0) is 6.54 Å². The number of ether oxygens (including phenoxy) is 1. The largest absolute Gasteiger partial charge is 0.457 e. The molecule has 0 unspecified atom stereocenters. The number of aryl methyl sites for hydroxylation is 2. The fraction of sp³-hybridized carbons (Fsp3) is 0.214. The average molecular weight is 228 g/mol. The van der Waals surface area contributed by atoms with Gasteiger partial charge in [0.25, 0.3) is 0 Å². The second-order valence-electron chi connectivity index (χ2n) is 4.06. The van der Waals surface area contributed by atoms with E-state index in [0.29, 0.717) is 6.54 Å². The molecule has 0 amide bonds. The maximum atomic E-state index is 5.87. The van der Waals surface area contributed by atoms with E-state index in [1.165, 1.54) is 5.56 Å². The van der Waals surface area contributed by atoms with E-state index in [-0.39, 0.29) is 0 Å². The van der Waals surface area contributed by atoms with Gasteiger partial charge >= 0.3 is 0 Å². The fourth-order valence-corrected chi connectivity index (χ4v) is 1.70. The number of nitrogens with zero attached hydrogens (tertiary/aromatic N) is 1. The van der Waals surface area contributed by atoms with Gasteiger partial charge in [-0.25, -0.2) is 0 Å². The van der Waals surface area contributed by atoms with Crippen LogP contribution in [-0.4, -0.2) is 4.98 Å². The molecule has 0 aliphatic rings. The van der Waals surface area contributed by atoms with E-state index >= 15 is 0 Å². The molecule has 0 spiro atoms. The Labute approximate surface area is 101 Å². The quantitative estimate of drug-likeness (QED) is 0.878. The molecule has 0 bridgehead atoms. The second kappa shape index (κ2) is 4.97. The van der Waals surface area contributed by atoms with Crippen molar-refractivity contribution in [2.75, 3.05) is 0 Å². The summed E-state index contributed by atoms with van der Waals surface area (Å²) in [6.45, 7) is 4.52. The molecule has 1 aromatic heterocycles. The van der Waals surface area contributed by atoms with Crippen molar-refractivity contribution in [3.8, 4) is 11.5 Å². The van der Waals surface area contributed by atoms with Crippen LogP contribution in [0.25, 0.3) is 0 Å². The van der Waals surface area contributed by atoms with Gasteiger partial charge in [-0.2, -0.15) is 0 Å². The van der Waals surface area contributed by atoms with Crippen molar-refractivity contribution in [3.05, 3.63) is 53.3 Å². The van der Waals surface area contributed by atoms with Crippen LogP contribution in [0.1, 0.15) is 16.7 Å². The summed E-state index contributed by atoms with van der Waals surface area (Å²) in [5, 5.41) is 0. The third-order valence-corrected chi connectivity index (χ3v) is 2.63. The molecular formula is C14H16N2O. The third kappa shape index (κ3) is 2.63. The molecule has 0 saturated carbocycles. The smallest absolute Gasteiger partial charge is 0.135 e. The first-order valence-corrected chi connectivity index (χ1v) is 5.59. The number of nitrogens with two attached hydrogens (primary N) is 1. The molecule has 3 heteroatoms. The Kier molecular flexibility index (Phi) is 3.40. The fourth-order valence-electron chi connectivity index (χ4n) is 1.70. The Morgan fingerprint density at radius 3 is 2.71 bits per heavy atom. The van der Waals surface area contributed by atoms with E-state index in [4.69, 9.17) is 10.5 Å². The molecule has 2 aromatic rings. The zero-order valence-electron chi connectivity index (χ0n) is 10.1. The number of benzene rings is 1. The van der Waals surface area contributed by atoms with Gasteiger partial charge in [-0.1, -0.05) is 17.7 Å². The number of aromatic nitrogens is 1. The van der Waals surface area contributed by atoms with Crippen LogP contribution >= 0.6 is 0 Å². The van der Waals surface area contributed by atoms with Crippen molar-refractivity contribution in [3.63, 3.8) is 0 Å². The molecule has 0 aliphatic heterocycles. The molecule has 0 saturated heterocycles. The molecule has 2 rings (SSSR count). The van der Waals surface area contributed by atoms with Gasteiger partial charge in [-0.15, -0.1) is 0 Å². The molecule has 17 heavy (non-hydrogen) atoms. The predicted octanol–water partition coefficient (Wildman–Crippen LogP) is 2.95. The summed E-state index contributed by atoms with van der Waals surface area (Å²) < 4.78 is 5.87. The lowest BCUT2D eigenvalue weighted by Gasteiger charge is -2.11. The number of hydrogen-bond acceptors (Lipinski definition) is 3. The van der Waals surface area contributed by atoms with Crippen molar-refractivity contribution in [2.45, 2.75) is 20.4 Å². The minimum Gasteiger partial charge on any atom is -0.457 e. The molecule has 0 fully saturated rings. The SMILES string of the molecule is Cc1ccc(Oc2ccncc2CN)c(C)c1. The molecule has 1 heterocycles. The van der Waals surface area contributed by atoms with Crippen molar-refractivity contribution < 1.29 is 4.74 Å². The van der Waals surface area contributed by atoms with Crippen LogP contribution < -0.4 is 10.5 Å². The van der Waals surface area contributed by atoms with E-state index in [9.17, 15) is 0 Å². The predicted molar refractivity (Wildman–Crippen MR) is 68.1 cm³/mol. The van der Waals surface area contributed by atoms with E-state index < -0.39 is 0 Å². The first-order valence-electron chi connectivity index (χ1n) is 5.59. The zero-order chi connectivity index (χ0) is 12.3. The Morgan fingerprint density at radius 1 is 1.18 bits per heavy atom. The maximum absolute atomic E-state index is 5.87. The Balaban J connectivity index is 2.31. The van der Waals surface area contributed by atoms with Crippen molar-refractivity contribution in [1.29, 1.82) is 0 Å². The van der Waals surface area contributed by atoms with Gasteiger partial charge in [0, 0.05) is 24.5 Å². The van der Waals surface area contributed by atoms with E-state index in [2.05, 4.69) is 18.0 Å². The molecule has 3 nitrogen and oxygen atoms in total. The highest BCUT2D eigenvalue weighted by Gasteiger charge is 2.05. The van der Waals surface area contributed by atoms with Gasteiger partial charge in [0.05, 0.1) is 0 Å². The third-order valence-electron chi connectivity index (χ3n) is 2.63. The summed E-state index contributed by atoms with van der Waals surface area (Å²) >= 11 is 0. The van der Waals surface area contributed by atoms with Crippen molar-refractivity contribution in [2.24, 2.45) is 5.73 Å². The second-order valence-corrected chi connectivity index (χ2v) is 4.06. The maximum Gasteiger partial charge on any atom is 0.135 e. The normalized spacial score (nSPS) is 10.3. The minimum atomic E-state index is 0.425. The highest BCUT2D eigenvalue weighted by molar-refractivity contribution is 5.41. The van der Waals surface area contributed by atoms with Gasteiger partial charge < -0.3 is 10.5 Å². The molecule has 2 N–H and O–H groups in total. The van der Waals surface area contributed by atoms with E-state index in [1.807, 2.05) is 25.1 Å². The summed E-state index contributed by atoms with van der Waals surface area (Å²) in [6, 6.07) is 7.94. The summed E-state index contributed by atoms with van der Waals surface area (Å²) in [5.41, 5.74) is 8.90. The van der Waals surface area contributed by atoms with Crippen LogP contribution in [0.5, 0.6) is 11.5 Å². The molecular weight excluding hydrogens is 212 g/mol. The van der Waals surface area contributed by atoms with Crippen molar-refractivity contribution in [1.82, 2.24) is 4.98 Å². The van der Waals surface area contributed by atoms with Crippen LogP contribution in [0.15, 0.2) is 36.7 Å². The van der Waals surface area contributed by atoms with Crippen LogP contribution in [0, 0.1) is 13.8 Å². The van der Waals surface area contributed by atoms with Gasteiger partial charge in [-0.05, 0) is 31.5 Å². The lowest BCUT2D eigenvalue weighted by atomic mass is 10.1. The molecule has 1 aromatic carbocycles. The number of hydrogen-bond donors (Lipinski definition) is 1. The monoisotopic (exact) mass is 228 g/mol. The van der Waals surface area contributed by atoms with Gasteiger partial charge in [0.2, 0.25) is 0 Å². The van der Waals surface area contributed by atoms with Crippen LogP contribution in [0.2, 0.25) is 0 Å². The Morgan fingerprint density at radius 2 is 2.00 bits per heavy atom. The van der Waals surface area contributed by atoms with Gasteiger partial charge in [0.1, 0.15) is 11.5 Å². The first kappa shape index (κ1) is 11.6. The van der Waals surface area contributed by atoms with Crippen LogP contribution in [0.4, 0.5) is 0 Å². The Bertz CT molecular complexity index is 523. The average Bonchev–Trinajstić information content (AvgIpc) is 2.33. The van der Waals surface area contributed by atoms with E-state index in [0.717, 1.165) is 22.6 Å². The summed E-state index contributed by atoms with van der Waals surface area (Å²) in [6.07, 6.45) is 3.44. The highest BCUT2D eigenvalue weighted by atomic mass is 16.5. The topological polar surface area (TPSA) is 48.1 Å². The lowest BCUT2D eigenvalue weighted by molar-refractivity contribution is 0.471. The highest BCUT2D eigenvalue weighted by Crippen LogP contribution is 2.27. The summed E-state index contributed by atoms with van der Waals surface area (Å²) in [7, 11) is 0. The minimum absolute atomic E-state index is 0.425. The van der Waals surface area contributed by atoms with Crippen LogP contribution in [0.3, 0.4) is 0 Å². The molecule has 0 radical (unpaired) electrons.